The Morgan fingerprint density at radius 1 is 0.829 bits per heavy atom. The van der Waals surface area contributed by atoms with Crippen molar-refractivity contribution in [1.29, 1.82) is 0 Å². The van der Waals surface area contributed by atoms with Crippen LogP contribution in [0.5, 0.6) is 5.75 Å². The topological polar surface area (TPSA) is 34.5 Å². The van der Waals surface area contributed by atoms with Crippen molar-refractivity contribution in [3.8, 4) is 17.0 Å². The van der Waals surface area contributed by atoms with Crippen LogP contribution in [0.3, 0.4) is 0 Å². The summed E-state index contributed by atoms with van der Waals surface area (Å²) in [6, 6.07) is 34.7. The van der Waals surface area contributed by atoms with Gasteiger partial charge in [-0.3, -0.25) is 4.79 Å². The number of rotatable bonds is 5. The van der Waals surface area contributed by atoms with Crippen LogP contribution in [-0.4, -0.2) is 22.5 Å². The number of carbonyl (C=O) groups is 1. The lowest BCUT2D eigenvalue weighted by Crippen LogP contribution is -2.28. The number of hydrogen-bond donors (Lipinski definition) is 0. The number of para-hydroxylation sites is 1. The number of aryl methyl sites for hydroxylation is 1. The monoisotopic (exact) mass is 458 g/mol. The molecule has 0 aliphatic carbocycles. The van der Waals surface area contributed by atoms with Gasteiger partial charge < -0.3 is 14.2 Å². The first-order valence-corrected chi connectivity index (χ1v) is 11.8. The van der Waals surface area contributed by atoms with E-state index >= 15 is 0 Å². The van der Waals surface area contributed by atoms with Gasteiger partial charge in [0.15, 0.2) is 0 Å². The average molecular weight is 459 g/mol. The summed E-state index contributed by atoms with van der Waals surface area (Å²) in [4.78, 5) is 15.8. The average Bonchev–Trinajstić information content (AvgIpc) is 3.35. The lowest BCUT2D eigenvalue weighted by atomic mass is 9.93. The lowest BCUT2D eigenvalue weighted by molar-refractivity contribution is 0.0737. The summed E-state index contributed by atoms with van der Waals surface area (Å²) in [6.07, 6.45) is 0. The highest BCUT2D eigenvalue weighted by atomic mass is 16.5. The summed E-state index contributed by atoms with van der Waals surface area (Å²) in [5.41, 5.74) is 7.38. The predicted molar refractivity (Wildman–Crippen MR) is 140 cm³/mol. The van der Waals surface area contributed by atoms with Crippen molar-refractivity contribution in [1.82, 2.24) is 9.47 Å². The molecule has 4 aromatic carbocycles. The van der Waals surface area contributed by atoms with E-state index in [1.807, 2.05) is 53.4 Å². The Labute approximate surface area is 205 Å². The van der Waals surface area contributed by atoms with E-state index < -0.39 is 0 Å². The molecule has 0 saturated heterocycles. The molecule has 0 radical (unpaired) electrons. The zero-order chi connectivity index (χ0) is 23.9. The minimum Gasteiger partial charge on any atom is -0.497 e. The summed E-state index contributed by atoms with van der Waals surface area (Å²) in [7, 11) is 3.79. The van der Waals surface area contributed by atoms with Gasteiger partial charge >= 0.3 is 0 Å². The van der Waals surface area contributed by atoms with E-state index in [9.17, 15) is 4.79 Å². The molecule has 1 aliphatic heterocycles. The molecular formula is C31H26N2O2. The number of carbonyl (C=O) groups excluding carboxylic acids is 1. The summed E-state index contributed by atoms with van der Waals surface area (Å²) >= 11 is 0. The summed E-state index contributed by atoms with van der Waals surface area (Å²) in [5, 5.41) is 1.15. The Kier molecular flexibility index (Phi) is 5.14. The Morgan fingerprint density at radius 3 is 2.40 bits per heavy atom. The first-order valence-electron chi connectivity index (χ1n) is 11.8. The number of amides is 1. The van der Waals surface area contributed by atoms with Crippen molar-refractivity contribution in [2.24, 2.45) is 7.05 Å². The normalized spacial score (nSPS) is 15.0. The molecule has 1 atom stereocenters. The molecule has 4 heteroatoms. The van der Waals surface area contributed by atoms with E-state index in [4.69, 9.17) is 4.74 Å². The second-order valence-electron chi connectivity index (χ2n) is 8.98. The molecule has 0 spiro atoms. The lowest BCUT2D eigenvalue weighted by Gasteiger charge is -2.27. The van der Waals surface area contributed by atoms with Crippen molar-refractivity contribution in [2.75, 3.05) is 7.11 Å². The predicted octanol–water partition coefficient (Wildman–Crippen LogP) is 6.60. The van der Waals surface area contributed by atoms with Crippen molar-refractivity contribution >= 4 is 16.8 Å². The molecule has 2 heterocycles. The highest BCUT2D eigenvalue weighted by molar-refractivity contribution is 6.02. The highest BCUT2D eigenvalue weighted by Gasteiger charge is 2.40. The van der Waals surface area contributed by atoms with Crippen molar-refractivity contribution in [3.63, 3.8) is 0 Å². The van der Waals surface area contributed by atoms with Gasteiger partial charge in [-0.1, -0.05) is 78.9 Å². The summed E-state index contributed by atoms with van der Waals surface area (Å²) in [5.74, 6) is 0.877. The van der Waals surface area contributed by atoms with Crippen molar-refractivity contribution in [3.05, 3.63) is 125 Å². The molecule has 0 N–H and O–H groups in total. The summed E-state index contributed by atoms with van der Waals surface area (Å²) in [6.45, 7) is 0.541. The number of benzene rings is 4. The molecule has 0 bridgehead atoms. The van der Waals surface area contributed by atoms with Crippen LogP contribution in [0.2, 0.25) is 0 Å². The maximum absolute atomic E-state index is 13.8. The molecule has 4 nitrogen and oxygen atoms in total. The first-order chi connectivity index (χ1) is 17.2. The van der Waals surface area contributed by atoms with Gasteiger partial charge in [-0.2, -0.15) is 0 Å². The molecule has 1 unspecified atom stereocenters. The quantitative estimate of drug-likeness (QED) is 0.297. The molecule has 0 saturated carbocycles. The van der Waals surface area contributed by atoms with E-state index in [1.54, 1.807) is 7.11 Å². The van der Waals surface area contributed by atoms with Gasteiger partial charge in [0.25, 0.3) is 5.91 Å². The zero-order valence-electron chi connectivity index (χ0n) is 19.8. The van der Waals surface area contributed by atoms with E-state index in [2.05, 4.69) is 66.2 Å². The first kappa shape index (κ1) is 21.2. The Morgan fingerprint density at radius 2 is 1.57 bits per heavy atom. The number of hydrogen-bond acceptors (Lipinski definition) is 2. The molecule has 5 aromatic rings. The molecular weight excluding hydrogens is 432 g/mol. The van der Waals surface area contributed by atoms with Crippen LogP contribution >= 0.6 is 0 Å². The van der Waals surface area contributed by atoms with Crippen LogP contribution in [0.15, 0.2) is 103 Å². The highest BCUT2D eigenvalue weighted by Crippen LogP contribution is 2.47. The third-order valence-electron chi connectivity index (χ3n) is 7.02. The van der Waals surface area contributed by atoms with Crippen molar-refractivity contribution < 1.29 is 9.53 Å². The number of fused-ring (bicyclic) bond motifs is 2. The number of nitrogens with zero attached hydrogens (tertiary/aromatic N) is 2. The fourth-order valence-corrected chi connectivity index (χ4v) is 5.44. The van der Waals surface area contributed by atoms with E-state index in [-0.39, 0.29) is 11.9 Å². The number of methoxy groups -OCH3 is 1. The van der Waals surface area contributed by atoms with Gasteiger partial charge in [0, 0.05) is 41.2 Å². The van der Waals surface area contributed by atoms with Gasteiger partial charge in [0.05, 0.1) is 18.8 Å². The summed E-state index contributed by atoms with van der Waals surface area (Å²) < 4.78 is 7.80. The third kappa shape index (κ3) is 3.41. The molecule has 1 aliphatic rings. The van der Waals surface area contributed by atoms with Crippen LogP contribution in [-0.2, 0) is 13.6 Å². The SMILES string of the molecule is COc1cccc(-c2c(C3c4ccccc4C(=O)N3Cc3ccccc3)c3ccccc3n2C)c1. The second-order valence-corrected chi connectivity index (χ2v) is 8.98. The van der Waals surface area contributed by atoms with Crippen LogP contribution in [0.4, 0.5) is 0 Å². The number of ether oxygens (including phenoxy) is 1. The third-order valence-corrected chi connectivity index (χ3v) is 7.02. The molecule has 35 heavy (non-hydrogen) atoms. The smallest absolute Gasteiger partial charge is 0.255 e. The van der Waals surface area contributed by atoms with Crippen LogP contribution in [0, 0.1) is 0 Å². The molecule has 172 valence electrons. The van der Waals surface area contributed by atoms with Gasteiger partial charge in [-0.15, -0.1) is 0 Å². The zero-order valence-corrected chi connectivity index (χ0v) is 19.8. The minimum absolute atomic E-state index is 0.0685. The van der Waals surface area contributed by atoms with Gasteiger partial charge in [0.2, 0.25) is 0 Å². The largest absolute Gasteiger partial charge is 0.497 e. The standard InChI is InChI=1S/C31H26N2O2/c1-32-27-18-9-8-17-26(27)28(29(32)22-13-10-14-23(19-22)35-2)30-24-15-6-7-16-25(24)31(34)33(30)20-21-11-4-3-5-12-21/h3-19,30H,20H2,1-2H3. The molecule has 1 aromatic heterocycles. The van der Waals surface area contributed by atoms with Gasteiger partial charge in [-0.05, 0) is 35.4 Å². The molecule has 1 amide bonds. The maximum atomic E-state index is 13.8. The second kappa shape index (κ2) is 8.48. The number of aromatic nitrogens is 1. The Bertz CT molecular complexity index is 1550. The molecule has 6 rings (SSSR count). The van der Waals surface area contributed by atoms with E-state index in [0.717, 1.165) is 50.2 Å². The van der Waals surface area contributed by atoms with Gasteiger partial charge in [-0.25, -0.2) is 0 Å². The Hall–Kier alpha value is -4.31. The van der Waals surface area contributed by atoms with Gasteiger partial charge in [0.1, 0.15) is 5.75 Å². The Balaban J connectivity index is 1.64. The fraction of sp³-hybridized carbons (Fsp3) is 0.129. The van der Waals surface area contributed by atoms with E-state index in [1.165, 1.54) is 0 Å². The maximum Gasteiger partial charge on any atom is 0.255 e. The minimum atomic E-state index is -0.203. The van der Waals surface area contributed by atoms with Crippen LogP contribution < -0.4 is 4.74 Å². The van der Waals surface area contributed by atoms with E-state index in [0.29, 0.717) is 6.54 Å². The van der Waals surface area contributed by atoms with Crippen LogP contribution in [0.1, 0.15) is 33.1 Å². The van der Waals surface area contributed by atoms with Crippen molar-refractivity contribution in [2.45, 2.75) is 12.6 Å². The van der Waals surface area contributed by atoms with Crippen LogP contribution in [0.25, 0.3) is 22.2 Å². The fourth-order valence-electron chi connectivity index (χ4n) is 5.44. The molecule has 0 fully saturated rings.